The molecule has 0 radical (unpaired) electrons. The Balaban J connectivity index is 0.00000261. The highest BCUT2D eigenvalue weighted by Crippen LogP contribution is 2.37. The molecular formula is C20H32IN3O3. The van der Waals surface area contributed by atoms with Crippen LogP contribution in [0, 0.1) is 0 Å². The first-order valence-electron chi connectivity index (χ1n) is 9.66. The number of hydrogen-bond donors (Lipinski definition) is 2. The van der Waals surface area contributed by atoms with Crippen LogP contribution in [-0.4, -0.2) is 44.1 Å². The van der Waals surface area contributed by atoms with Gasteiger partial charge in [0.05, 0.1) is 19.4 Å². The second-order valence-corrected chi connectivity index (χ2v) is 7.28. The number of ether oxygens (including phenoxy) is 2. The van der Waals surface area contributed by atoms with Crippen molar-refractivity contribution in [3.8, 4) is 0 Å². The average molecular weight is 489 g/mol. The minimum Gasteiger partial charge on any atom is -0.469 e. The van der Waals surface area contributed by atoms with Gasteiger partial charge < -0.3 is 24.5 Å². The fourth-order valence-electron chi connectivity index (χ4n) is 3.43. The number of hydrogen-bond acceptors (Lipinski definition) is 4. The van der Waals surface area contributed by atoms with Crippen molar-refractivity contribution in [2.75, 3.05) is 26.2 Å². The van der Waals surface area contributed by atoms with Crippen LogP contribution in [0.2, 0.25) is 0 Å². The number of rotatable bonds is 7. The summed E-state index contributed by atoms with van der Waals surface area (Å²) in [6.45, 7) is 8.58. The molecule has 0 aromatic carbocycles. The van der Waals surface area contributed by atoms with Crippen LogP contribution < -0.4 is 10.6 Å². The van der Waals surface area contributed by atoms with Crippen LogP contribution in [-0.2, 0) is 15.9 Å². The fraction of sp³-hybridized carbons (Fsp3) is 0.650. The van der Waals surface area contributed by atoms with Crippen LogP contribution in [0.4, 0.5) is 0 Å². The smallest absolute Gasteiger partial charge is 0.191 e. The maximum Gasteiger partial charge on any atom is 0.191 e. The zero-order valence-electron chi connectivity index (χ0n) is 16.2. The molecule has 0 bridgehead atoms. The second-order valence-electron chi connectivity index (χ2n) is 7.28. The van der Waals surface area contributed by atoms with Crippen LogP contribution in [0.25, 0.3) is 0 Å². The largest absolute Gasteiger partial charge is 0.469 e. The molecule has 1 saturated carbocycles. The van der Waals surface area contributed by atoms with Crippen LogP contribution in [0.1, 0.15) is 44.8 Å². The molecular weight excluding hydrogens is 457 g/mol. The maximum absolute atomic E-state index is 6.23. The summed E-state index contributed by atoms with van der Waals surface area (Å²) in [5.41, 5.74) is 1.03. The van der Waals surface area contributed by atoms with E-state index in [1.54, 1.807) is 6.26 Å². The Bertz CT molecular complexity index is 598. The summed E-state index contributed by atoms with van der Waals surface area (Å²) in [4.78, 5) is 4.57. The summed E-state index contributed by atoms with van der Waals surface area (Å²) >= 11 is 0. The summed E-state index contributed by atoms with van der Waals surface area (Å²) in [7, 11) is 0. The predicted molar refractivity (Wildman–Crippen MR) is 118 cm³/mol. The van der Waals surface area contributed by atoms with Crippen molar-refractivity contribution in [2.45, 2.75) is 57.3 Å². The van der Waals surface area contributed by atoms with Crippen molar-refractivity contribution in [1.29, 1.82) is 0 Å². The van der Waals surface area contributed by atoms with E-state index in [-0.39, 0.29) is 35.9 Å². The van der Waals surface area contributed by atoms with Gasteiger partial charge in [-0.25, -0.2) is 4.99 Å². The summed E-state index contributed by atoms with van der Waals surface area (Å²) in [6.07, 6.45) is 8.28. The molecule has 1 atom stereocenters. The van der Waals surface area contributed by atoms with Crippen molar-refractivity contribution in [3.63, 3.8) is 0 Å². The molecule has 0 amide bonds. The van der Waals surface area contributed by atoms with E-state index in [0.29, 0.717) is 19.7 Å². The third kappa shape index (κ3) is 7.12. The minimum absolute atomic E-state index is 0. The molecule has 152 valence electrons. The topological polar surface area (TPSA) is 68.0 Å². The third-order valence-electron chi connectivity index (χ3n) is 4.78. The zero-order chi connectivity index (χ0) is 18.2. The molecule has 7 heteroatoms. The lowest BCUT2D eigenvalue weighted by atomic mass is 9.94. The first-order chi connectivity index (χ1) is 12.7. The van der Waals surface area contributed by atoms with Gasteiger partial charge in [0.1, 0.15) is 11.9 Å². The molecule has 6 nitrogen and oxygen atoms in total. The van der Waals surface area contributed by atoms with Crippen molar-refractivity contribution in [1.82, 2.24) is 10.6 Å². The van der Waals surface area contributed by atoms with Gasteiger partial charge in [0.25, 0.3) is 0 Å². The number of guanidine groups is 1. The Hall–Kier alpha value is -1.06. The highest BCUT2D eigenvalue weighted by atomic mass is 127. The van der Waals surface area contributed by atoms with E-state index < -0.39 is 0 Å². The summed E-state index contributed by atoms with van der Waals surface area (Å²) in [5.74, 6) is 1.41. The lowest BCUT2D eigenvalue weighted by Crippen LogP contribution is -2.43. The summed E-state index contributed by atoms with van der Waals surface area (Å²) in [5, 5.41) is 6.73. The minimum atomic E-state index is -0.327. The molecule has 27 heavy (non-hydrogen) atoms. The van der Waals surface area contributed by atoms with Gasteiger partial charge in [0.15, 0.2) is 11.7 Å². The zero-order valence-corrected chi connectivity index (χ0v) is 18.5. The average Bonchev–Trinajstić information content (AvgIpc) is 3.28. The monoisotopic (exact) mass is 489 g/mol. The van der Waals surface area contributed by atoms with Crippen LogP contribution in [0.5, 0.6) is 0 Å². The number of nitrogens with zero attached hydrogens (tertiary/aromatic N) is 1. The van der Waals surface area contributed by atoms with E-state index in [4.69, 9.17) is 13.9 Å². The molecule has 1 saturated heterocycles. The number of nitrogens with one attached hydrogen (secondary N) is 2. The Morgan fingerprint density at radius 3 is 2.81 bits per heavy atom. The maximum atomic E-state index is 6.23. The first kappa shape index (κ1) is 22.2. The third-order valence-corrected chi connectivity index (χ3v) is 4.78. The molecule has 1 spiro atoms. The number of aliphatic imine (C=N–C) groups is 1. The van der Waals surface area contributed by atoms with Gasteiger partial charge in [0.2, 0.25) is 0 Å². The van der Waals surface area contributed by atoms with Gasteiger partial charge in [-0.15, -0.1) is 24.0 Å². The van der Waals surface area contributed by atoms with E-state index in [2.05, 4.69) is 22.2 Å². The van der Waals surface area contributed by atoms with Crippen molar-refractivity contribution >= 4 is 29.9 Å². The van der Waals surface area contributed by atoms with Gasteiger partial charge in [-0.1, -0.05) is 18.6 Å². The van der Waals surface area contributed by atoms with E-state index in [9.17, 15) is 0 Å². The predicted octanol–water partition coefficient (Wildman–Crippen LogP) is 3.63. The van der Waals surface area contributed by atoms with E-state index in [1.165, 1.54) is 19.3 Å². The normalized spacial score (nSPS) is 21.7. The molecule has 2 fully saturated rings. The van der Waals surface area contributed by atoms with Gasteiger partial charge in [0, 0.05) is 32.4 Å². The van der Waals surface area contributed by atoms with Crippen molar-refractivity contribution in [3.05, 3.63) is 36.3 Å². The Morgan fingerprint density at radius 1 is 1.30 bits per heavy atom. The molecule has 2 heterocycles. The van der Waals surface area contributed by atoms with Gasteiger partial charge in [-0.2, -0.15) is 0 Å². The van der Waals surface area contributed by atoms with E-state index in [0.717, 1.165) is 43.1 Å². The Morgan fingerprint density at radius 2 is 2.11 bits per heavy atom. The van der Waals surface area contributed by atoms with E-state index in [1.807, 2.05) is 19.1 Å². The first-order valence-corrected chi connectivity index (χ1v) is 9.66. The van der Waals surface area contributed by atoms with Crippen molar-refractivity contribution < 1.29 is 13.9 Å². The second kappa shape index (κ2) is 11.1. The van der Waals surface area contributed by atoms with Crippen molar-refractivity contribution in [2.24, 2.45) is 4.99 Å². The van der Waals surface area contributed by atoms with Gasteiger partial charge in [-0.05, 0) is 31.9 Å². The SMILES string of the molecule is C=C(C)CN=C(NCCc1ccco1)NCC1COC2(CCCCC2)O1.I. The quantitative estimate of drug-likeness (QED) is 0.265. The fourth-order valence-corrected chi connectivity index (χ4v) is 3.43. The highest BCUT2D eigenvalue weighted by molar-refractivity contribution is 14.0. The molecule has 1 aromatic rings. The van der Waals surface area contributed by atoms with Crippen LogP contribution in [0.15, 0.2) is 40.0 Å². The standard InChI is InChI=1S/C20H31N3O3.HI/c1-16(2)13-22-19(21-11-8-17-7-6-12-24-17)23-14-18-15-25-20(26-18)9-4-3-5-10-20;/h6-7,12,18H,1,3-5,8-11,13-15H2,2H3,(H2,21,22,23);1H. The molecule has 1 aliphatic carbocycles. The van der Waals surface area contributed by atoms with E-state index >= 15 is 0 Å². The number of furan rings is 1. The lowest BCUT2D eigenvalue weighted by Gasteiger charge is -2.31. The Kier molecular flexibility index (Phi) is 9.11. The molecule has 2 N–H and O–H groups in total. The molecule has 1 aliphatic heterocycles. The molecule has 3 rings (SSSR count). The summed E-state index contributed by atoms with van der Waals surface area (Å²) < 4.78 is 17.6. The molecule has 1 unspecified atom stereocenters. The lowest BCUT2D eigenvalue weighted by molar-refractivity contribution is -0.186. The molecule has 1 aromatic heterocycles. The highest BCUT2D eigenvalue weighted by Gasteiger charge is 2.42. The number of halogens is 1. The Labute approximate surface area is 179 Å². The summed E-state index contributed by atoms with van der Waals surface area (Å²) in [6, 6.07) is 3.88. The molecule has 2 aliphatic rings. The van der Waals surface area contributed by atoms with Crippen LogP contribution >= 0.6 is 24.0 Å². The van der Waals surface area contributed by atoms with Gasteiger partial charge in [-0.3, -0.25) is 0 Å². The van der Waals surface area contributed by atoms with Crippen LogP contribution in [0.3, 0.4) is 0 Å². The van der Waals surface area contributed by atoms with Gasteiger partial charge >= 0.3 is 0 Å².